The molecule has 2 rings (SSSR count). The van der Waals surface area contributed by atoms with Crippen molar-refractivity contribution in [1.82, 2.24) is 4.98 Å². The Morgan fingerprint density at radius 2 is 2.08 bits per heavy atom. The summed E-state index contributed by atoms with van der Waals surface area (Å²) in [6, 6.07) is 6.93. The van der Waals surface area contributed by atoms with Crippen molar-refractivity contribution in [2.24, 2.45) is 0 Å². The molecule has 0 saturated heterocycles. The van der Waals surface area contributed by atoms with E-state index in [9.17, 15) is 5.11 Å². The van der Waals surface area contributed by atoms with Crippen LogP contribution in [0.1, 0.15) is 5.69 Å². The summed E-state index contributed by atoms with van der Waals surface area (Å²) in [5.74, 6) is 0.245. The van der Waals surface area contributed by atoms with E-state index in [1.807, 2.05) is 13.0 Å². The first-order chi connectivity index (χ1) is 6.16. The normalized spacial score (nSPS) is 10.6. The van der Waals surface area contributed by atoms with E-state index in [-0.39, 0.29) is 5.75 Å². The molecule has 2 aromatic rings. The zero-order valence-electron chi connectivity index (χ0n) is 7.08. The summed E-state index contributed by atoms with van der Waals surface area (Å²) in [7, 11) is 0. The van der Waals surface area contributed by atoms with Gasteiger partial charge in [0, 0.05) is 11.1 Å². The third-order valence-corrected chi connectivity index (χ3v) is 2.18. The molecule has 0 radical (unpaired) electrons. The number of fused-ring (bicyclic) bond motifs is 1. The molecule has 0 bridgehead atoms. The van der Waals surface area contributed by atoms with Crippen molar-refractivity contribution in [3.8, 4) is 5.75 Å². The first kappa shape index (κ1) is 8.32. The van der Waals surface area contributed by atoms with E-state index < -0.39 is 0 Å². The van der Waals surface area contributed by atoms with Gasteiger partial charge in [-0.3, -0.25) is 0 Å². The third-order valence-electron chi connectivity index (χ3n) is 1.90. The number of halogens is 1. The van der Waals surface area contributed by atoms with E-state index in [1.165, 1.54) is 0 Å². The van der Waals surface area contributed by atoms with Crippen LogP contribution in [0.5, 0.6) is 5.75 Å². The van der Waals surface area contributed by atoms with Crippen LogP contribution in [-0.2, 0) is 0 Å². The van der Waals surface area contributed by atoms with Crippen molar-refractivity contribution in [2.45, 2.75) is 6.92 Å². The highest BCUT2D eigenvalue weighted by Gasteiger charge is 2.01. The molecule has 0 fully saturated rings. The molecule has 0 amide bonds. The van der Waals surface area contributed by atoms with Gasteiger partial charge in [-0.05, 0) is 36.6 Å². The topological polar surface area (TPSA) is 33.1 Å². The fraction of sp³-hybridized carbons (Fsp3) is 0.100. The van der Waals surface area contributed by atoms with E-state index >= 15 is 0 Å². The summed E-state index contributed by atoms with van der Waals surface area (Å²) in [4.78, 5) is 4.12. The van der Waals surface area contributed by atoms with Crippen LogP contribution in [0.25, 0.3) is 10.8 Å². The quantitative estimate of drug-likeness (QED) is 0.653. The van der Waals surface area contributed by atoms with Crippen molar-refractivity contribution in [1.29, 1.82) is 0 Å². The molecule has 1 heterocycles. The van der Waals surface area contributed by atoms with Gasteiger partial charge in [-0.1, -0.05) is 11.6 Å². The molecule has 66 valence electrons. The fourth-order valence-electron chi connectivity index (χ4n) is 1.33. The maximum atomic E-state index is 9.25. The molecular formula is C10H8ClNO. The van der Waals surface area contributed by atoms with Gasteiger partial charge in [0.1, 0.15) is 10.9 Å². The van der Waals surface area contributed by atoms with Gasteiger partial charge in [0.05, 0.1) is 0 Å². The summed E-state index contributed by atoms with van der Waals surface area (Å²) >= 11 is 5.92. The predicted molar refractivity (Wildman–Crippen MR) is 53.2 cm³/mol. The molecule has 1 aromatic heterocycles. The monoisotopic (exact) mass is 193 g/mol. The Morgan fingerprint density at radius 1 is 1.31 bits per heavy atom. The van der Waals surface area contributed by atoms with Crippen molar-refractivity contribution >= 4 is 22.4 Å². The van der Waals surface area contributed by atoms with Crippen LogP contribution >= 0.6 is 11.6 Å². The third kappa shape index (κ3) is 1.45. The Labute approximate surface area is 80.8 Å². The van der Waals surface area contributed by atoms with Crippen LogP contribution in [0.2, 0.25) is 5.15 Å². The van der Waals surface area contributed by atoms with Crippen LogP contribution in [0, 0.1) is 6.92 Å². The number of hydrogen-bond donors (Lipinski definition) is 1. The van der Waals surface area contributed by atoms with Gasteiger partial charge in [-0.25, -0.2) is 4.98 Å². The number of aromatic hydroxyl groups is 1. The second kappa shape index (κ2) is 2.89. The number of hydrogen-bond acceptors (Lipinski definition) is 2. The van der Waals surface area contributed by atoms with Crippen LogP contribution in [0.4, 0.5) is 0 Å². The number of phenolic OH excluding ortho intramolecular Hbond substituents is 1. The number of rotatable bonds is 0. The highest BCUT2D eigenvalue weighted by molar-refractivity contribution is 6.34. The van der Waals surface area contributed by atoms with Gasteiger partial charge in [-0.15, -0.1) is 0 Å². The van der Waals surface area contributed by atoms with Crippen LogP contribution < -0.4 is 0 Å². The lowest BCUT2D eigenvalue weighted by Gasteiger charge is -2.01. The lowest BCUT2D eigenvalue weighted by molar-refractivity contribution is 0.476. The fourth-order valence-corrected chi connectivity index (χ4v) is 1.64. The lowest BCUT2D eigenvalue weighted by Crippen LogP contribution is -1.83. The minimum atomic E-state index is 0.245. The van der Waals surface area contributed by atoms with E-state index in [1.54, 1.807) is 18.2 Å². The highest BCUT2D eigenvalue weighted by Crippen LogP contribution is 2.25. The smallest absolute Gasteiger partial charge is 0.137 e. The molecule has 0 aliphatic carbocycles. The summed E-state index contributed by atoms with van der Waals surface area (Å²) in [6.07, 6.45) is 0. The molecule has 0 aliphatic rings. The van der Waals surface area contributed by atoms with Gasteiger partial charge in [0.15, 0.2) is 0 Å². The number of benzene rings is 1. The Hall–Kier alpha value is -1.28. The van der Waals surface area contributed by atoms with Gasteiger partial charge in [0.2, 0.25) is 0 Å². The first-order valence-corrected chi connectivity index (χ1v) is 4.30. The van der Waals surface area contributed by atoms with E-state index in [2.05, 4.69) is 4.98 Å². The van der Waals surface area contributed by atoms with Gasteiger partial charge in [-0.2, -0.15) is 0 Å². The molecule has 0 unspecified atom stereocenters. The molecule has 1 N–H and O–H groups in total. The molecule has 13 heavy (non-hydrogen) atoms. The molecule has 0 aliphatic heterocycles. The van der Waals surface area contributed by atoms with Crippen LogP contribution in [0.15, 0.2) is 24.3 Å². The van der Waals surface area contributed by atoms with Crippen molar-refractivity contribution in [3.05, 3.63) is 35.1 Å². The molecule has 0 atom stereocenters. The molecule has 0 spiro atoms. The van der Waals surface area contributed by atoms with E-state index in [4.69, 9.17) is 11.6 Å². The molecule has 0 saturated carbocycles. The second-order valence-corrected chi connectivity index (χ2v) is 3.32. The molecular weight excluding hydrogens is 186 g/mol. The average molecular weight is 194 g/mol. The predicted octanol–water partition coefficient (Wildman–Crippen LogP) is 2.90. The standard InChI is InChI=1S/C10H8ClNO/c1-6-4-7-5-8(13)2-3-9(7)10(11)12-6/h2-5,13H,1H3. The number of aromatic nitrogens is 1. The van der Waals surface area contributed by atoms with Gasteiger partial charge < -0.3 is 5.11 Å². The zero-order chi connectivity index (χ0) is 9.42. The van der Waals surface area contributed by atoms with E-state index in [0.717, 1.165) is 16.5 Å². The summed E-state index contributed by atoms with van der Waals surface area (Å²) < 4.78 is 0. The van der Waals surface area contributed by atoms with Crippen LogP contribution in [0.3, 0.4) is 0 Å². The summed E-state index contributed by atoms with van der Waals surface area (Å²) in [5.41, 5.74) is 0.850. The molecule has 1 aromatic carbocycles. The number of aryl methyl sites for hydroxylation is 1. The summed E-state index contributed by atoms with van der Waals surface area (Å²) in [6.45, 7) is 1.87. The SMILES string of the molecule is Cc1cc2cc(O)ccc2c(Cl)n1. The Bertz CT molecular complexity index is 462. The zero-order valence-corrected chi connectivity index (χ0v) is 7.84. The highest BCUT2D eigenvalue weighted by atomic mass is 35.5. The Morgan fingerprint density at radius 3 is 2.85 bits per heavy atom. The van der Waals surface area contributed by atoms with Gasteiger partial charge in [0.25, 0.3) is 0 Å². The van der Waals surface area contributed by atoms with Gasteiger partial charge >= 0.3 is 0 Å². The molecule has 2 nitrogen and oxygen atoms in total. The van der Waals surface area contributed by atoms with Crippen molar-refractivity contribution < 1.29 is 5.11 Å². The van der Waals surface area contributed by atoms with Crippen LogP contribution in [-0.4, -0.2) is 10.1 Å². The Balaban J connectivity index is 2.86. The average Bonchev–Trinajstić information content (AvgIpc) is 2.02. The number of nitrogens with zero attached hydrogens (tertiary/aromatic N) is 1. The minimum Gasteiger partial charge on any atom is -0.508 e. The lowest BCUT2D eigenvalue weighted by atomic mass is 10.1. The van der Waals surface area contributed by atoms with Crippen molar-refractivity contribution in [2.75, 3.05) is 0 Å². The Kier molecular flexibility index (Phi) is 1.85. The largest absolute Gasteiger partial charge is 0.508 e. The van der Waals surface area contributed by atoms with Crippen molar-refractivity contribution in [3.63, 3.8) is 0 Å². The first-order valence-electron chi connectivity index (χ1n) is 3.93. The minimum absolute atomic E-state index is 0.245. The maximum absolute atomic E-state index is 9.25. The molecule has 3 heteroatoms. The number of phenols is 1. The van der Waals surface area contributed by atoms with E-state index in [0.29, 0.717) is 5.15 Å². The maximum Gasteiger partial charge on any atom is 0.137 e. The summed E-state index contributed by atoms with van der Waals surface area (Å²) in [5, 5.41) is 11.5. The number of pyridine rings is 1. The second-order valence-electron chi connectivity index (χ2n) is 2.96.